The monoisotopic (exact) mass is 148 g/mol. The minimum absolute atomic E-state index is 0.530. The molecule has 0 N–H and O–H groups in total. The van der Waals surface area contributed by atoms with Crippen LogP contribution >= 0.6 is 15.9 Å². The van der Waals surface area contributed by atoms with Gasteiger partial charge in [-0.15, -0.1) is 0 Å². The highest BCUT2D eigenvalue weighted by Crippen LogP contribution is 1.96. The van der Waals surface area contributed by atoms with Gasteiger partial charge >= 0.3 is 0 Å². The maximum Gasteiger partial charge on any atom is 0.0296 e. The lowest BCUT2D eigenvalue weighted by molar-refractivity contribution is 1.27. The van der Waals surface area contributed by atoms with Crippen LogP contribution in [0.5, 0.6) is 0 Å². The molecule has 0 fully saturated rings. The van der Waals surface area contributed by atoms with Crippen LogP contribution < -0.4 is 0 Å². The smallest absolute Gasteiger partial charge is 0.0296 e. The van der Waals surface area contributed by atoms with Crippen LogP contribution in [0.4, 0.5) is 0 Å². The second kappa shape index (κ2) is 3.41. The molecule has 1 atom stereocenters. The van der Waals surface area contributed by atoms with Crippen LogP contribution in [-0.4, -0.2) is 4.83 Å². The molecule has 0 radical (unpaired) electrons. The Bertz CT molecular complexity index is 45.9. The molecule has 0 rings (SSSR count). The summed E-state index contributed by atoms with van der Waals surface area (Å²) < 4.78 is 0. The molecule has 0 saturated carbocycles. The molecular weight excluding hydrogens is 140 g/mol. The standard InChI is InChI=1S/C5H9Br/c1-3-4-5(2)6/h3-5H,1-2H3. The molecule has 0 heterocycles. The van der Waals surface area contributed by atoms with Crippen molar-refractivity contribution in [3.05, 3.63) is 12.2 Å². The number of hydrogen-bond donors (Lipinski definition) is 0. The van der Waals surface area contributed by atoms with Crippen molar-refractivity contribution in [1.29, 1.82) is 0 Å². The summed E-state index contributed by atoms with van der Waals surface area (Å²) in [5.41, 5.74) is 0. The molecule has 6 heavy (non-hydrogen) atoms. The van der Waals surface area contributed by atoms with Gasteiger partial charge in [0.15, 0.2) is 0 Å². The van der Waals surface area contributed by atoms with Crippen LogP contribution in [-0.2, 0) is 0 Å². The Balaban J connectivity index is 3.03. The molecule has 1 heteroatoms. The first-order valence-electron chi connectivity index (χ1n) is 2.04. The zero-order valence-corrected chi connectivity index (χ0v) is 5.70. The van der Waals surface area contributed by atoms with Gasteiger partial charge in [-0.1, -0.05) is 28.1 Å². The highest BCUT2D eigenvalue weighted by atomic mass is 79.9. The van der Waals surface area contributed by atoms with E-state index in [4.69, 9.17) is 0 Å². The summed E-state index contributed by atoms with van der Waals surface area (Å²) in [5.74, 6) is 0. The first-order valence-corrected chi connectivity index (χ1v) is 2.96. The van der Waals surface area contributed by atoms with E-state index < -0.39 is 0 Å². The first kappa shape index (κ1) is 6.22. The summed E-state index contributed by atoms with van der Waals surface area (Å²) in [5, 5.41) is 0. The zero-order chi connectivity index (χ0) is 4.99. The third kappa shape index (κ3) is 4.22. The minimum atomic E-state index is 0.530. The molecule has 0 aromatic heterocycles. The van der Waals surface area contributed by atoms with Crippen LogP contribution in [0.15, 0.2) is 12.2 Å². The van der Waals surface area contributed by atoms with Crippen molar-refractivity contribution < 1.29 is 0 Å². The van der Waals surface area contributed by atoms with E-state index in [2.05, 4.69) is 28.9 Å². The predicted octanol–water partition coefficient (Wildman–Crippen LogP) is 2.35. The van der Waals surface area contributed by atoms with Gasteiger partial charge < -0.3 is 0 Å². The maximum absolute atomic E-state index is 3.35. The van der Waals surface area contributed by atoms with E-state index in [0.29, 0.717) is 4.83 Å². The summed E-state index contributed by atoms with van der Waals surface area (Å²) in [6, 6.07) is 0. The lowest BCUT2D eigenvalue weighted by atomic mass is 10.4. The van der Waals surface area contributed by atoms with Gasteiger partial charge in [0.2, 0.25) is 0 Å². The summed E-state index contributed by atoms with van der Waals surface area (Å²) in [6.07, 6.45) is 4.11. The largest absolute Gasteiger partial charge is 0.0906 e. The average molecular weight is 149 g/mol. The second-order valence-corrected chi connectivity index (χ2v) is 2.65. The van der Waals surface area contributed by atoms with Gasteiger partial charge in [0.25, 0.3) is 0 Å². The van der Waals surface area contributed by atoms with Crippen LogP contribution in [0.1, 0.15) is 13.8 Å². The van der Waals surface area contributed by atoms with Crippen LogP contribution in [0.2, 0.25) is 0 Å². The maximum atomic E-state index is 3.35. The number of alkyl halides is 1. The highest BCUT2D eigenvalue weighted by molar-refractivity contribution is 9.09. The Hall–Kier alpha value is 0.220. The lowest BCUT2D eigenvalue weighted by Crippen LogP contribution is -1.76. The Kier molecular flexibility index (Phi) is 3.54. The third-order valence-corrected chi connectivity index (χ3v) is 0.763. The molecule has 0 aromatic rings. The molecule has 0 aliphatic rings. The number of halogens is 1. The van der Waals surface area contributed by atoms with Gasteiger partial charge in [-0.3, -0.25) is 0 Å². The molecule has 36 valence electrons. The normalized spacial score (nSPS) is 15.8. The van der Waals surface area contributed by atoms with E-state index in [1.165, 1.54) is 0 Å². The number of rotatable bonds is 1. The molecule has 1 unspecified atom stereocenters. The zero-order valence-electron chi connectivity index (χ0n) is 4.11. The number of allylic oxidation sites excluding steroid dienone is 2. The first-order chi connectivity index (χ1) is 2.77. The van der Waals surface area contributed by atoms with Gasteiger partial charge in [-0.25, -0.2) is 0 Å². The second-order valence-electron chi connectivity index (χ2n) is 1.20. The van der Waals surface area contributed by atoms with Crippen molar-refractivity contribution in [2.75, 3.05) is 0 Å². The summed E-state index contributed by atoms with van der Waals surface area (Å²) in [4.78, 5) is 0.530. The summed E-state index contributed by atoms with van der Waals surface area (Å²) in [7, 11) is 0. The van der Waals surface area contributed by atoms with Crippen molar-refractivity contribution >= 4 is 15.9 Å². The Morgan fingerprint density at radius 1 is 1.67 bits per heavy atom. The fourth-order valence-electron chi connectivity index (χ4n) is 0.265. The molecule has 0 aliphatic heterocycles. The molecule has 0 nitrogen and oxygen atoms in total. The topological polar surface area (TPSA) is 0 Å². The third-order valence-electron chi connectivity index (χ3n) is 0.458. The molecule has 0 amide bonds. The van der Waals surface area contributed by atoms with Crippen molar-refractivity contribution in [1.82, 2.24) is 0 Å². The van der Waals surface area contributed by atoms with E-state index in [9.17, 15) is 0 Å². The Morgan fingerprint density at radius 2 is 2.17 bits per heavy atom. The van der Waals surface area contributed by atoms with Crippen LogP contribution in [0.25, 0.3) is 0 Å². The van der Waals surface area contributed by atoms with Crippen LogP contribution in [0.3, 0.4) is 0 Å². The highest BCUT2D eigenvalue weighted by Gasteiger charge is 1.79. The van der Waals surface area contributed by atoms with E-state index in [1.54, 1.807) is 0 Å². The summed E-state index contributed by atoms with van der Waals surface area (Å²) in [6.45, 7) is 4.10. The molecule has 0 bridgehead atoms. The predicted molar refractivity (Wildman–Crippen MR) is 33.2 cm³/mol. The molecule has 0 aromatic carbocycles. The van der Waals surface area contributed by atoms with Crippen molar-refractivity contribution in [3.8, 4) is 0 Å². The van der Waals surface area contributed by atoms with E-state index >= 15 is 0 Å². The van der Waals surface area contributed by atoms with Gasteiger partial charge in [-0.05, 0) is 13.8 Å². The lowest BCUT2D eigenvalue weighted by Gasteiger charge is -1.84. The Morgan fingerprint density at radius 3 is 2.17 bits per heavy atom. The van der Waals surface area contributed by atoms with E-state index in [1.807, 2.05) is 13.0 Å². The Labute approximate surface area is 47.4 Å². The van der Waals surface area contributed by atoms with Gasteiger partial charge in [0.1, 0.15) is 0 Å². The summed E-state index contributed by atoms with van der Waals surface area (Å²) >= 11 is 3.35. The molecular formula is C5H9Br. The van der Waals surface area contributed by atoms with Crippen molar-refractivity contribution in [2.45, 2.75) is 18.7 Å². The molecule has 0 saturated heterocycles. The minimum Gasteiger partial charge on any atom is -0.0906 e. The van der Waals surface area contributed by atoms with E-state index in [-0.39, 0.29) is 0 Å². The van der Waals surface area contributed by atoms with Gasteiger partial charge in [0, 0.05) is 4.83 Å². The fourth-order valence-corrected chi connectivity index (χ4v) is 0.570. The van der Waals surface area contributed by atoms with Crippen molar-refractivity contribution in [3.63, 3.8) is 0 Å². The average Bonchev–Trinajstić information content (AvgIpc) is 1.35. The SMILES string of the molecule is CC=CC(C)Br. The molecule has 0 spiro atoms. The number of hydrogen-bond acceptors (Lipinski definition) is 0. The van der Waals surface area contributed by atoms with Gasteiger partial charge in [0.05, 0.1) is 0 Å². The van der Waals surface area contributed by atoms with Crippen LogP contribution in [0, 0.1) is 0 Å². The molecule has 0 aliphatic carbocycles. The quantitative estimate of drug-likeness (QED) is 0.396. The van der Waals surface area contributed by atoms with Gasteiger partial charge in [-0.2, -0.15) is 0 Å². The van der Waals surface area contributed by atoms with E-state index in [0.717, 1.165) is 0 Å². The fraction of sp³-hybridized carbons (Fsp3) is 0.600. The van der Waals surface area contributed by atoms with Crippen molar-refractivity contribution in [2.24, 2.45) is 0 Å².